The van der Waals surface area contributed by atoms with E-state index in [2.05, 4.69) is 19.3 Å². The average molecular weight is 333 g/mol. The topological polar surface area (TPSA) is 55.4 Å². The quantitative estimate of drug-likeness (QED) is 0.643. The molecule has 1 atom stereocenters. The predicted octanol–water partition coefficient (Wildman–Crippen LogP) is 3.13. The van der Waals surface area contributed by atoms with Crippen LogP contribution in [0, 0.1) is 6.92 Å². The Hall–Kier alpha value is -1.88. The van der Waals surface area contributed by atoms with Crippen LogP contribution in [-0.4, -0.2) is 49.1 Å². The summed E-state index contributed by atoms with van der Waals surface area (Å²) in [6, 6.07) is 5.31. The van der Waals surface area contributed by atoms with Crippen molar-refractivity contribution in [2.45, 2.75) is 46.1 Å². The fraction of sp³-hybridized carbons (Fsp3) is 0.579. The third kappa shape index (κ3) is 3.78. The minimum absolute atomic E-state index is 0.0123. The van der Waals surface area contributed by atoms with Gasteiger partial charge in [-0.25, -0.2) is 4.79 Å². The Kier molecular flexibility index (Phi) is 5.99. The lowest BCUT2D eigenvalue weighted by molar-refractivity contribution is -0.913. The number of benzene rings is 1. The van der Waals surface area contributed by atoms with Crippen molar-refractivity contribution in [1.82, 2.24) is 0 Å². The summed E-state index contributed by atoms with van der Waals surface area (Å²) < 4.78 is 5.90. The number of rotatable bonds is 6. The molecule has 1 unspecified atom stereocenters. The summed E-state index contributed by atoms with van der Waals surface area (Å²) in [6.07, 6.45) is 3.11. The van der Waals surface area contributed by atoms with Crippen LogP contribution in [0.1, 0.15) is 49.0 Å². The number of hydrogen-bond donors (Lipinski definition) is 1. The third-order valence-corrected chi connectivity index (χ3v) is 5.05. The smallest absolute Gasteiger partial charge is 0.340 e. The van der Waals surface area contributed by atoms with E-state index in [1.165, 1.54) is 12.8 Å². The molecule has 1 aliphatic heterocycles. The molecular formula is C19H29N2O3+. The molecule has 1 aliphatic rings. The molecule has 0 aliphatic carbocycles. The lowest BCUT2D eigenvalue weighted by Gasteiger charge is -2.36. The van der Waals surface area contributed by atoms with Crippen LogP contribution >= 0.6 is 0 Å². The van der Waals surface area contributed by atoms with Crippen molar-refractivity contribution >= 4 is 17.6 Å². The molecule has 1 N–H and O–H groups in total. The van der Waals surface area contributed by atoms with E-state index < -0.39 is 5.97 Å². The number of esters is 1. The number of quaternary nitrogens is 1. The number of amides is 1. The summed E-state index contributed by atoms with van der Waals surface area (Å²) in [4.78, 5) is 25.1. The summed E-state index contributed by atoms with van der Waals surface area (Å²) in [6.45, 7) is 8.10. The maximum Gasteiger partial charge on any atom is 0.340 e. The molecule has 24 heavy (non-hydrogen) atoms. The first-order valence-corrected chi connectivity index (χ1v) is 8.84. The molecule has 2 rings (SSSR count). The van der Waals surface area contributed by atoms with Gasteiger partial charge in [0.25, 0.3) is 5.91 Å². The molecule has 1 amide bonds. The molecular weight excluding hydrogens is 304 g/mol. The zero-order valence-electron chi connectivity index (χ0n) is 15.2. The number of likely N-dealkylation sites (N-methyl/N-ethyl adjacent to an activating group) is 1. The molecule has 5 heteroatoms. The minimum Gasteiger partial charge on any atom is -0.462 e. The standard InChI is InChI=1S/C19H28N2O3/c1-5-16(21(4)12-7-8-13-21)18(22)20-17-14(3)10-9-11-15(17)19(23)24-6-2/h9-11,16H,5-8,12-13H2,1-4H3/p+1. The molecule has 1 aromatic rings. The van der Waals surface area contributed by atoms with E-state index in [1.807, 2.05) is 19.1 Å². The molecule has 1 saturated heterocycles. The van der Waals surface area contributed by atoms with Crippen LogP contribution in [0.5, 0.6) is 0 Å². The Morgan fingerprint density at radius 2 is 1.92 bits per heavy atom. The van der Waals surface area contributed by atoms with Gasteiger partial charge < -0.3 is 14.5 Å². The largest absolute Gasteiger partial charge is 0.462 e. The molecule has 0 radical (unpaired) electrons. The van der Waals surface area contributed by atoms with Gasteiger partial charge in [-0.15, -0.1) is 0 Å². The first-order valence-electron chi connectivity index (χ1n) is 8.84. The number of aryl methyl sites for hydroxylation is 1. The highest BCUT2D eigenvalue weighted by atomic mass is 16.5. The van der Waals surface area contributed by atoms with Gasteiger partial charge in [0, 0.05) is 19.3 Å². The van der Waals surface area contributed by atoms with Crippen molar-refractivity contribution in [3.8, 4) is 0 Å². The Morgan fingerprint density at radius 1 is 1.25 bits per heavy atom. The maximum atomic E-state index is 12.9. The van der Waals surface area contributed by atoms with Crippen LogP contribution in [0.3, 0.4) is 0 Å². The number of carbonyl (C=O) groups is 2. The number of hydrogen-bond acceptors (Lipinski definition) is 3. The van der Waals surface area contributed by atoms with Gasteiger partial charge in [-0.1, -0.05) is 19.1 Å². The highest BCUT2D eigenvalue weighted by molar-refractivity contribution is 6.03. The number of nitrogens with zero attached hydrogens (tertiary/aromatic N) is 1. The Morgan fingerprint density at radius 3 is 2.50 bits per heavy atom. The highest BCUT2D eigenvalue weighted by Gasteiger charge is 2.39. The molecule has 132 valence electrons. The zero-order chi connectivity index (χ0) is 17.7. The summed E-state index contributed by atoms with van der Waals surface area (Å²) in [5.41, 5.74) is 1.86. The Labute approximate surface area is 144 Å². The minimum atomic E-state index is -0.397. The molecule has 0 aromatic heterocycles. The maximum absolute atomic E-state index is 12.9. The molecule has 0 saturated carbocycles. The van der Waals surface area contributed by atoms with E-state index in [0.29, 0.717) is 17.9 Å². The second kappa shape index (κ2) is 7.79. The molecule has 0 bridgehead atoms. The van der Waals surface area contributed by atoms with Crippen molar-refractivity contribution in [3.63, 3.8) is 0 Å². The second-order valence-corrected chi connectivity index (χ2v) is 6.76. The summed E-state index contributed by atoms with van der Waals surface area (Å²) in [5.74, 6) is -0.409. The van der Waals surface area contributed by atoms with Crippen molar-refractivity contribution in [2.24, 2.45) is 0 Å². The number of nitrogens with one attached hydrogen (secondary N) is 1. The van der Waals surface area contributed by atoms with Gasteiger partial charge >= 0.3 is 5.97 Å². The van der Waals surface area contributed by atoms with Gasteiger partial charge in [0.05, 0.1) is 38.0 Å². The monoisotopic (exact) mass is 333 g/mol. The van der Waals surface area contributed by atoms with Crippen LogP contribution in [-0.2, 0) is 9.53 Å². The molecule has 1 fully saturated rings. The van der Waals surface area contributed by atoms with Gasteiger partial charge in [0.2, 0.25) is 0 Å². The summed E-state index contributed by atoms with van der Waals surface area (Å²) >= 11 is 0. The fourth-order valence-corrected chi connectivity index (χ4v) is 3.70. The van der Waals surface area contributed by atoms with E-state index in [-0.39, 0.29) is 11.9 Å². The van der Waals surface area contributed by atoms with E-state index in [4.69, 9.17) is 4.74 Å². The van der Waals surface area contributed by atoms with Crippen molar-refractivity contribution in [2.75, 3.05) is 32.1 Å². The van der Waals surface area contributed by atoms with Crippen LogP contribution in [0.15, 0.2) is 18.2 Å². The van der Waals surface area contributed by atoms with Gasteiger partial charge in [-0.05, 0) is 25.5 Å². The summed E-state index contributed by atoms with van der Waals surface area (Å²) in [7, 11) is 2.16. The van der Waals surface area contributed by atoms with Gasteiger partial charge in [-0.3, -0.25) is 4.79 Å². The molecule has 1 aromatic carbocycles. The van der Waals surface area contributed by atoms with E-state index in [1.54, 1.807) is 13.0 Å². The molecule has 0 spiro atoms. The SMILES string of the molecule is CCOC(=O)c1cccc(C)c1NC(=O)C(CC)[N+]1(C)CCCC1. The predicted molar refractivity (Wildman–Crippen MR) is 95.0 cm³/mol. The molecule has 1 heterocycles. The van der Waals surface area contributed by atoms with E-state index in [9.17, 15) is 9.59 Å². The number of ether oxygens (including phenoxy) is 1. The number of likely N-dealkylation sites (tertiary alicyclic amines) is 1. The number of anilines is 1. The van der Waals surface area contributed by atoms with Crippen LogP contribution in [0.2, 0.25) is 0 Å². The van der Waals surface area contributed by atoms with Crippen molar-refractivity contribution < 1.29 is 18.8 Å². The van der Waals surface area contributed by atoms with E-state index >= 15 is 0 Å². The van der Waals surface area contributed by atoms with Gasteiger partial charge in [-0.2, -0.15) is 0 Å². The lowest BCUT2D eigenvalue weighted by atomic mass is 10.1. The lowest BCUT2D eigenvalue weighted by Crippen LogP contribution is -2.55. The average Bonchev–Trinajstić information content (AvgIpc) is 2.97. The first-order chi connectivity index (χ1) is 11.4. The van der Waals surface area contributed by atoms with Crippen LogP contribution in [0.25, 0.3) is 0 Å². The number of carbonyl (C=O) groups excluding carboxylic acids is 2. The van der Waals surface area contributed by atoms with Crippen LogP contribution in [0.4, 0.5) is 5.69 Å². The van der Waals surface area contributed by atoms with Gasteiger partial charge in [0.1, 0.15) is 0 Å². The van der Waals surface area contributed by atoms with Crippen molar-refractivity contribution in [1.29, 1.82) is 0 Å². The third-order valence-electron chi connectivity index (χ3n) is 5.05. The summed E-state index contributed by atoms with van der Waals surface area (Å²) in [5, 5.41) is 3.02. The second-order valence-electron chi connectivity index (χ2n) is 6.76. The van der Waals surface area contributed by atoms with Crippen LogP contribution < -0.4 is 5.32 Å². The van der Waals surface area contributed by atoms with Crippen molar-refractivity contribution in [3.05, 3.63) is 29.3 Å². The zero-order valence-corrected chi connectivity index (χ0v) is 15.2. The Bertz CT molecular complexity index is 607. The number of para-hydroxylation sites is 1. The van der Waals surface area contributed by atoms with Gasteiger partial charge in [0.15, 0.2) is 6.04 Å². The molecule has 5 nitrogen and oxygen atoms in total. The normalized spacial score (nSPS) is 17.3. The fourth-order valence-electron chi connectivity index (χ4n) is 3.70. The first kappa shape index (κ1) is 18.5. The highest BCUT2D eigenvalue weighted by Crippen LogP contribution is 2.26. The Balaban J connectivity index is 2.26. The van der Waals surface area contributed by atoms with E-state index in [0.717, 1.165) is 29.6 Å².